The van der Waals surface area contributed by atoms with Gasteiger partial charge < -0.3 is 10.1 Å². The number of benzene rings is 2. The molecule has 6 heteroatoms. The van der Waals surface area contributed by atoms with E-state index in [2.05, 4.69) is 15.5 Å². The molecule has 1 amide bonds. The molecule has 0 aliphatic rings. The van der Waals surface area contributed by atoms with E-state index < -0.39 is 0 Å². The van der Waals surface area contributed by atoms with Gasteiger partial charge in [-0.25, -0.2) is 0 Å². The van der Waals surface area contributed by atoms with Crippen molar-refractivity contribution in [3.63, 3.8) is 0 Å². The highest BCUT2D eigenvalue weighted by atomic mass is 32.2. The van der Waals surface area contributed by atoms with Crippen molar-refractivity contribution in [3.8, 4) is 17.0 Å². The number of nitrogens with one attached hydrogen (secondary N) is 1. The minimum Gasteiger partial charge on any atom is -0.497 e. The third-order valence-electron chi connectivity index (χ3n) is 4.04. The van der Waals surface area contributed by atoms with Gasteiger partial charge in [0.15, 0.2) is 0 Å². The minimum absolute atomic E-state index is 0.0485. The molecule has 0 spiro atoms. The minimum atomic E-state index is -0.0485. The summed E-state index contributed by atoms with van der Waals surface area (Å²) in [5.74, 6) is 1.02. The van der Waals surface area contributed by atoms with Gasteiger partial charge in [0.25, 0.3) is 0 Å². The van der Waals surface area contributed by atoms with E-state index in [0.29, 0.717) is 12.3 Å². The Bertz CT molecular complexity index is 913. The van der Waals surface area contributed by atoms with Crippen LogP contribution in [0.1, 0.15) is 11.1 Å². The molecule has 0 aliphatic carbocycles. The number of thioether (sulfide) groups is 1. The van der Waals surface area contributed by atoms with Crippen molar-refractivity contribution in [2.75, 3.05) is 12.9 Å². The number of hydrogen-bond donors (Lipinski definition) is 1. The van der Waals surface area contributed by atoms with Crippen LogP contribution in [-0.4, -0.2) is 29.0 Å². The number of aromatic nitrogens is 2. The van der Waals surface area contributed by atoms with Gasteiger partial charge in [0.05, 0.1) is 18.6 Å². The second-order valence-electron chi connectivity index (χ2n) is 5.99. The molecule has 1 heterocycles. The molecule has 0 saturated carbocycles. The first-order valence-corrected chi connectivity index (χ1v) is 9.56. The number of ether oxygens (including phenoxy) is 1. The summed E-state index contributed by atoms with van der Waals surface area (Å²) in [5.41, 5.74) is 4.05. The van der Waals surface area contributed by atoms with Crippen LogP contribution < -0.4 is 10.1 Å². The molecule has 0 radical (unpaired) electrons. The lowest BCUT2D eigenvalue weighted by atomic mass is 10.1. The van der Waals surface area contributed by atoms with Crippen molar-refractivity contribution in [1.29, 1.82) is 0 Å². The summed E-state index contributed by atoms with van der Waals surface area (Å²) in [6.07, 6.45) is 0. The first-order chi connectivity index (χ1) is 13.2. The molecule has 2 aromatic carbocycles. The Hall–Kier alpha value is -2.86. The summed E-state index contributed by atoms with van der Waals surface area (Å²) in [5, 5.41) is 12.1. The largest absolute Gasteiger partial charge is 0.497 e. The van der Waals surface area contributed by atoms with Crippen LogP contribution in [0.3, 0.4) is 0 Å². The fourth-order valence-electron chi connectivity index (χ4n) is 2.57. The monoisotopic (exact) mass is 379 g/mol. The Morgan fingerprint density at radius 2 is 1.93 bits per heavy atom. The van der Waals surface area contributed by atoms with E-state index in [-0.39, 0.29) is 5.91 Å². The number of carbonyl (C=O) groups is 1. The molecule has 0 aliphatic heterocycles. The van der Waals surface area contributed by atoms with Gasteiger partial charge in [-0.15, -0.1) is 10.2 Å². The third kappa shape index (κ3) is 5.31. The molecule has 0 saturated heterocycles. The van der Waals surface area contributed by atoms with E-state index in [9.17, 15) is 4.79 Å². The van der Waals surface area contributed by atoms with Gasteiger partial charge in [0.2, 0.25) is 5.91 Å². The lowest BCUT2D eigenvalue weighted by Crippen LogP contribution is -2.24. The lowest BCUT2D eigenvalue weighted by Gasteiger charge is -2.07. The van der Waals surface area contributed by atoms with Gasteiger partial charge >= 0.3 is 0 Å². The maximum absolute atomic E-state index is 12.1. The Morgan fingerprint density at radius 3 is 2.67 bits per heavy atom. The fourth-order valence-corrected chi connectivity index (χ4v) is 3.22. The zero-order valence-electron chi connectivity index (χ0n) is 15.3. The molecule has 138 valence electrons. The second kappa shape index (κ2) is 9.19. The van der Waals surface area contributed by atoms with Crippen molar-refractivity contribution in [2.24, 2.45) is 0 Å². The van der Waals surface area contributed by atoms with Crippen LogP contribution in [0.15, 0.2) is 65.7 Å². The molecule has 0 unspecified atom stereocenters. The van der Waals surface area contributed by atoms with Gasteiger partial charge in [-0.2, -0.15) is 0 Å². The highest BCUT2D eigenvalue weighted by Gasteiger charge is 2.07. The van der Waals surface area contributed by atoms with Crippen LogP contribution >= 0.6 is 11.8 Å². The zero-order chi connectivity index (χ0) is 19.1. The van der Waals surface area contributed by atoms with E-state index in [1.165, 1.54) is 11.8 Å². The van der Waals surface area contributed by atoms with Gasteiger partial charge in [0, 0.05) is 12.1 Å². The number of hydrogen-bond acceptors (Lipinski definition) is 5. The first kappa shape index (κ1) is 18.9. The third-order valence-corrected chi connectivity index (χ3v) is 4.96. The SMILES string of the molecule is COc1cccc(CNC(=O)CSc2ccc(-c3ccccc3C)nn2)c1. The van der Waals surface area contributed by atoms with Crippen LogP contribution in [0, 0.1) is 6.92 Å². The number of nitrogens with zero attached hydrogens (tertiary/aromatic N) is 2. The molecule has 1 N–H and O–H groups in total. The number of rotatable bonds is 7. The zero-order valence-corrected chi connectivity index (χ0v) is 16.1. The highest BCUT2D eigenvalue weighted by molar-refractivity contribution is 7.99. The van der Waals surface area contributed by atoms with E-state index in [0.717, 1.165) is 33.2 Å². The van der Waals surface area contributed by atoms with E-state index in [1.54, 1.807) is 7.11 Å². The molecule has 1 aromatic heterocycles. The molecular formula is C21H21N3O2S. The van der Waals surface area contributed by atoms with E-state index in [4.69, 9.17) is 4.74 Å². The van der Waals surface area contributed by atoms with Crippen molar-refractivity contribution in [2.45, 2.75) is 18.5 Å². The number of amides is 1. The molecule has 5 nitrogen and oxygen atoms in total. The molecular weight excluding hydrogens is 358 g/mol. The average molecular weight is 379 g/mol. The summed E-state index contributed by atoms with van der Waals surface area (Å²) in [7, 11) is 1.62. The molecule has 3 aromatic rings. The maximum Gasteiger partial charge on any atom is 0.230 e. The quantitative estimate of drug-likeness (QED) is 0.632. The van der Waals surface area contributed by atoms with Crippen molar-refractivity contribution >= 4 is 17.7 Å². The number of carbonyl (C=O) groups excluding carboxylic acids is 1. The molecule has 0 fully saturated rings. The normalized spacial score (nSPS) is 10.4. The van der Waals surface area contributed by atoms with Gasteiger partial charge in [0.1, 0.15) is 10.8 Å². The summed E-state index contributed by atoms with van der Waals surface area (Å²) in [4.78, 5) is 12.1. The van der Waals surface area contributed by atoms with Crippen LogP contribution in [0.2, 0.25) is 0 Å². The van der Waals surface area contributed by atoms with Gasteiger partial charge in [-0.1, -0.05) is 48.2 Å². The highest BCUT2D eigenvalue weighted by Crippen LogP contribution is 2.22. The molecule has 3 rings (SSSR count). The van der Waals surface area contributed by atoms with Crippen molar-refractivity contribution in [3.05, 3.63) is 71.8 Å². The number of methoxy groups -OCH3 is 1. The Morgan fingerprint density at radius 1 is 1.07 bits per heavy atom. The predicted octanol–water partition coefficient (Wildman–Crippen LogP) is 3.87. The first-order valence-electron chi connectivity index (χ1n) is 8.58. The van der Waals surface area contributed by atoms with Crippen LogP contribution in [0.4, 0.5) is 0 Å². The summed E-state index contributed by atoms with van der Waals surface area (Å²) < 4.78 is 5.18. The van der Waals surface area contributed by atoms with Crippen LogP contribution in [0.25, 0.3) is 11.3 Å². The summed E-state index contributed by atoms with van der Waals surface area (Å²) >= 11 is 1.37. The smallest absolute Gasteiger partial charge is 0.230 e. The van der Waals surface area contributed by atoms with Gasteiger partial charge in [-0.05, 0) is 42.3 Å². The topological polar surface area (TPSA) is 64.1 Å². The van der Waals surface area contributed by atoms with E-state index >= 15 is 0 Å². The van der Waals surface area contributed by atoms with Crippen LogP contribution in [-0.2, 0) is 11.3 Å². The Kier molecular flexibility index (Phi) is 6.44. The lowest BCUT2D eigenvalue weighted by molar-refractivity contribution is -0.118. The van der Waals surface area contributed by atoms with Crippen LogP contribution in [0.5, 0.6) is 5.75 Å². The number of aryl methyl sites for hydroxylation is 1. The molecule has 27 heavy (non-hydrogen) atoms. The second-order valence-corrected chi connectivity index (χ2v) is 6.98. The summed E-state index contributed by atoms with van der Waals surface area (Å²) in [6, 6.07) is 19.5. The Labute approximate surface area is 163 Å². The van der Waals surface area contributed by atoms with Gasteiger partial charge in [-0.3, -0.25) is 4.79 Å². The molecule has 0 atom stereocenters. The molecule has 0 bridgehead atoms. The predicted molar refractivity (Wildman–Crippen MR) is 108 cm³/mol. The van der Waals surface area contributed by atoms with Crippen molar-refractivity contribution in [1.82, 2.24) is 15.5 Å². The standard InChI is InChI=1S/C21H21N3O2S/c1-15-6-3-4-9-18(15)19-10-11-21(24-23-19)27-14-20(25)22-13-16-7-5-8-17(12-16)26-2/h3-12H,13-14H2,1-2H3,(H,22,25). The van der Waals surface area contributed by atoms with E-state index in [1.807, 2.05) is 67.6 Å². The average Bonchev–Trinajstić information content (AvgIpc) is 2.72. The van der Waals surface area contributed by atoms with Crippen molar-refractivity contribution < 1.29 is 9.53 Å². The fraction of sp³-hybridized carbons (Fsp3) is 0.190. The maximum atomic E-state index is 12.1. The Balaban J connectivity index is 1.51. The summed E-state index contributed by atoms with van der Waals surface area (Å²) in [6.45, 7) is 2.51.